The molecule has 1 heterocycles. The molecular weight excluding hydrogens is 266 g/mol. The van der Waals surface area contributed by atoms with Crippen molar-refractivity contribution >= 4 is 6.09 Å². The summed E-state index contributed by atoms with van der Waals surface area (Å²) in [6.07, 6.45) is 4.45. The summed E-state index contributed by atoms with van der Waals surface area (Å²) in [4.78, 5) is 14.0. The Kier molecular flexibility index (Phi) is 3.91. The molecular formula is C17H25NO3. The van der Waals surface area contributed by atoms with Crippen LogP contribution in [0.3, 0.4) is 0 Å². The van der Waals surface area contributed by atoms with E-state index in [2.05, 4.69) is 19.6 Å². The van der Waals surface area contributed by atoms with Crippen molar-refractivity contribution in [1.29, 1.82) is 0 Å². The third kappa shape index (κ3) is 3.31. The Morgan fingerprint density at radius 3 is 2.76 bits per heavy atom. The molecule has 1 saturated heterocycles. The van der Waals surface area contributed by atoms with Crippen LogP contribution in [-0.2, 0) is 4.74 Å². The number of piperidine rings is 1. The number of carbonyl (C=O) groups excluding carboxylic acids is 1. The van der Waals surface area contributed by atoms with E-state index in [4.69, 9.17) is 4.74 Å². The molecule has 0 spiro atoms. The van der Waals surface area contributed by atoms with Gasteiger partial charge in [0, 0.05) is 18.5 Å². The van der Waals surface area contributed by atoms with Crippen LogP contribution < -0.4 is 0 Å². The number of hydrogen-bond acceptors (Lipinski definition) is 3. The molecule has 1 atom stereocenters. The zero-order chi connectivity index (χ0) is 15.8. The number of hydrogen-bond donors (Lipinski definition) is 1. The van der Waals surface area contributed by atoms with Gasteiger partial charge in [-0.3, -0.25) is 0 Å². The average Bonchev–Trinajstić information content (AvgIpc) is 2.36. The lowest BCUT2D eigenvalue weighted by Crippen LogP contribution is -2.48. The maximum Gasteiger partial charge on any atom is 0.410 e. The summed E-state index contributed by atoms with van der Waals surface area (Å²) in [5, 5.41) is 9.34. The SMILES string of the molecule is C=C1C=C2CCN(C(=O)OC(C)(C)C)CC2(C)C/C1=C/O. The molecule has 0 aromatic carbocycles. The van der Waals surface area contributed by atoms with E-state index in [-0.39, 0.29) is 11.5 Å². The lowest BCUT2D eigenvalue weighted by atomic mass is 9.68. The number of allylic oxidation sites excluding steroid dienone is 3. The number of likely N-dealkylation sites (tertiary alicyclic amines) is 1. The summed E-state index contributed by atoms with van der Waals surface area (Å²) in [6.45, 7) is 13.0. The van der Waals surface area contributed by atoms with Gasteiger partial charge in [-0.25, -0.2) is 4.79 Å². The Hall–Kier alpha value is -1.71. The molecule has 0 bridgehead atoms. The molecule has 0 aromatic rings. The Morgan fingerprint density at radius 2 is 2.19 bits per heavy atom. The molecule has 2 aliphatic rings. The zero-order valence-electron chi connectivity index (χ0n) is 13.4. The number of ether oxygens (including phenoxy) is 1. The monoisotopic (exact) mass is 291 g/mol. The van der Waals surface area contributed by atoms with Crippen molar-refractivity contribution in [2.24, 2.45) is 5.41 Å². The van der Waals surface area contributed by atoms with Crippen LogP contribution in [0.5, 0.6) is 0 Å². The van der Waals surface area contributed by atoms with Crippen molar-refractivity contribution < 1.29 is 14.6 Å². The standard InChI is InChI=1S/C17H25NO3/c1-12-8-14-6-7-18(15(20)21-16(2,3)4)11-17(14,5)9-13(12)10-19/h8,10,19H,1,6-7,9,11H2,2-5H3/b13-10-. The van der Waals surface area contributed by atoms with Gasteiger partial charge in [0.05, 0.1) is 6.26 Å². The van der Waals surface area contributed by atoms with Crippen LogP contribution >= 0.6 is 0 Å². The molecule has 1 unspecified atom stereocenters. The number of rotatable bonds is 0. The van der Waals surface area contributed by atoms with Crippen LogP contribution in [0.15, 0.2) is 35.6 Å². The van der Waals surface area contributed by atoms with E-state index >= 15 is 0 Å². The predicted molar refractivity (Wildman–Crippen MR) is 83.1 cm³/mol. The van der Waals surface area contributed by atoms with Gasteiger partial charge in [-0.1, -0.05) is 25.2 Å². The van der Waals surface area contributed by atoms with Gasteiger partial charge in [0.25, 0.3) is 0 Å². The number of aliphatic hydroxyl groups excluding tert-OH is 1. The number of fused-ring (bicyclic) bond motifs is 1. The summed E-state index contributed by atoms with van der Waals surface area (Å²) in [6, 6.07) is 0. The highest BCUT2D eigenvalue weighted by Crippen LogP contribution is 2.45. The molecule has 0 aromatic heterocycles. The second-order valence-corrected chi connectivity index (χ2v) is 7.24. The first kappa shape index (κ1) is 15.7. The lowest BCUT2D eigenvalue weighted by Gasteiger charge is -2.45. The molecule has 1 aliphatic carbocycles. The van der Waals surface area contributed by atoms with E-state index in [1.54, 1.807) is 4.90 Å². The van der Waals surface area contributed by atoms with Crippen molar-refractivity contribution in [2.75, 3.05) is 13.1 Å². The summed E-state index contributed by atoms with van der Waals surface area (Å²) < 4.78 is 5.46. The van der Waals surface area contributed by atoms with E-state index in [0.29, 0.717) is 19.5 Å². The topological polar surface area (TPSA) is 49.8 Å². The summed E-state index contributed by atoms with van der Waals surface area (Å²) in [5.74, 6) is 0. The maximum absolute atomic E-state index is 12.2. The Labute approximate surface area is 126 Å². The zero-order valence-corrected chi connectivity index (χ0v) is 13.4. The van der Waals surface area contributed by atoms with Crippen LogP contribution in [0.25, 0.3) is 0 Å². The second kappa shape index (κ2) is 5.24. The van der Waals surface area contributed by atoms with E-state index in [1.165, 1.54) is 5.57 Å². The van der Waals surface area contributed by atoms with E-state index in [9.17, 15) is 9.90 Å². The third-order valence-corrected chi connectivity index (χ3v) is 4.12. The summed E-state index contributed by atoms with van der Waals surface area (Å²) in [7, 11) is 0. The molecule has 1 fully saturated rings. The summed E-state index contributed by atoms with van der Waals surface area (Å²) in [5.41, 5.74) is 2.39. The van der Waals surface area contributed by atoms with Crippen molar-refractivity contribution in [3.63, 3.8) is 0 Å². The van der Waals surface area contributed by atoms with Crippen molar-refractivity contribution in [3.8, 4) is 0 Å². The normalized spacial score (nSPS) is 28.2. The molecule has 116 valence electrons. The molecule has 4 nitrogen and oxygen atoms in total. The fourth-order valence-electron chi connectivity index (χ4n) is 3.02. The van der Waals surface area contributed by atoms with Crippen molar-refractivity contribution in [1.82, 2.24) is 4.90 Å². The predicted octanol–water partition coefficient (Wildman–Crippen LogP) is 3.96. The van der Waals surface area contributed by atoms with E-state index < -0.39 is 5.60 Å². The van der Waals surface area contributed by atoms with Gasteiger partial charge < -0.3 is 14.7 Å². The second-order valence-electron chi connectivity index (χ2n) is 7.24. The molecule has 21 heavy (non-hydrogen) atoms. The molecule has 2 rings (SSSR count). The number of aliphatic hydroxyl groups is 1. The van der Waals surface area contributed by atoms with Gasteiger partial charge in [0.1, 0.15) is 5.60 Å². The van der Waals surface area contributed by atoms with Crippen LogP contribution in [0.4, 0.5) is 4.79 Å². The molecule has 4 heteroatoms. The van der Waals surface area contributed by atoms with Crippen LogP contribution in [0.2, 0.25) is 0 Å². The van der Waals surface area contributed by atoms with E-state index in [0.717, 1.165) is 23.8 Å². The fourth-order valence-corrected chi connectivity index (χ4v) is 3.02. The largest absolute Gasteiger partial charge is 0.515 e. The maximum atomic E-state index is 12.2. The van der Waals surface area contributed by atoms with E-state index in [1.807, 2.05) is 20.8 Å². The molecule has 1 amide bonds. The summed E-state index contributed by atoms with van der Waals surface area (Å²) >= 11 is 0. The van der Waals surface area contributed by atoms with Crippen molar-refractivity contribution in [2.45, 2.75) is 46.1 Å². The highest BCUT2D eigenvalue weighted by Gasteiger charge is 2.41. The van der Waals surface area contributed by atoms with Gasteiger partial charge in [-0.05, 0) is 44.8 Å². The number of nitrogens with zero attached hydrogens (tertiary/aromatic N) is 1. The number of carbonyl (C=O) groups is 1. The molecule has 1 aliphatic heterocycles. The lowest BCUT2D eigenvalue weighted by molar-refractivity contribution is 0.0141. The minimum Gasteiger partial charge on any atom is -0.515 e. The highest BCUT2D eigenvalue weighted by atomic mass is 16.6. The highest BCUT2D eigenvalue weighted by molar-refractivity contribution is 5.69. The first-order chi connectivity index (χ1) is 9.64. The Balaban J connectivity index is 2.17. The van der Waals surface area contributed by atoms with Crippen LogP contribution in [0, 0.1) is 5.41 Å². The van der Waals surface area contributed by atoms with Crippen LogP contribution in [0.1, 0.15) is 40.5 Å². The third-order valence-electron chi connectivity index (χ3n) is 4.12. The van der Waals surface area contributed by atoms with Gasteiger partial charge >= 0.3 is 6.09 Å². The average molecular weight is 291 g/mol. The molecule has 0 saturated carbocycles. The van der Waals surface area contributed by atoms with Gasteiger partial charge in [-0.2, -0.15) is 0 Å². The van der Waals surface area contributed by atoms with Crippen molar-refractivity contribution in [3.05, 3.63) is 35.6 Å². The Bertz CT molecular complexity index is 525. The quantitative estimate of drug-likeness (QED) is 0.687. The first-order valence-electron chi connectivity index (χ1n) is 7.36. The minimum atomic E-state index is -0.481. The van der Waals surface area contributed by atoms with Gasteiger partial charge in [-0.15, -0.1) is 0 Å². The first-order valence-corrected chi connectivity index (χ1v) is 7.36. The molecule has 1 N–H and O–H groups in total. The fraction of sp³-hybridized carbons (Fsp3) is 0.588. The van der Waals surface area contributed by atoms with Crippen LogP contribution in [-0.4, -0.2) is 34.8 Å². The Morgan fingerprint density at radius 1 is 1.52 bits per heavy atom. The molecule has 0 radical (unpaired) electrons. The van der Waals surface area contributed by atoms with Gasteiger partial charge in [0.2, 0.25) is 0 Å². The number of amides is 1. The smallest absolute Gasteiger partial charge is 0.410 e. The minimum absolute atomic E-state index is 0.148. The van der Waals surface area contributed by atoms with Gasteiger partial charge in [0.15, 0.2) is 0 Å².